The molecule has 0 saturated carbocycles. The van der Waals surface area contributed by atoms with Crippen molar-refractivity contribution in [3.63, 3.8) is 0 Å². The van der Waals surface area contributed by atoms with E-state index in [1.165, 1.54) is 0 Å². The Morgan fingerprint density at radius 2 is 1.79 bits per heavy atom. The van der Waals surface area contributed by atoms with E-state index >= 15 is 0 Å². The Labute approximate surface area is 78.5 Å². The topological polar surface area (TPSA) is 44.7 Å². The van der Waals surface area contributed by atoms with E-state index in [0.29, 0.717) is 6.29 Å². The lowest BCUT2D eigenvalue weighted by Crippen LogP contribution is -2.62. The van der Waals surface area contributed by atoms with Crippen LogP contribution in [0.1, 0.15) is 5.56 Å². The predicted molar refractivity (Wildman–Crippen MR) is 42.8 cm³/mol. The molecule has 0 saturated heterocycles. The fourth-order valence-electron chi connectivity index (χ4n) is 1.08. The van der Waals surface area contributed by atoms with Crippen LogP contribution in [-0.4, -0.2) is 12.3 Å². The Hall–Kier alpha value is -1.36. The zero-order valence-electron chi connectivity index (χ0n) is 7.27. The van der Waals surface area contributed by atoms with Gasteiger partial charge in [-0.15, -0.1) is 0 Å². The molecule has 0 fully saturated rings. The van der Waals surface area contributed by atoms with Gasteiger partial charge in [0.15, 0.2) is 23.7 Å². The number of halogens is 3. The zero-order chi connectivity index (χ0) is 10.7. The molecule has 0 amide bonds. The Morgan fingerprint density at radius 1 is 1.29 bits per heavy atom. The summed E-state index contributed by atoms with van der Waals surface area (Å²) in [6, 6.07) is 1.14. The molecule has 76 valence electrons. The molecule has 1 aromatic rings. The van der Waals surface area contributed by atoms with Crippen LogP contribution in [0, 0.1) is 17.5 Å². The molecular formula is C9H9F3NO+. The highest BCUT2D eigenvalue weighted by molar-refractivity contribution is 5.55. The molecule has 0 aliphatic heterocycles. The molecule has 0 aromatic heterocycles. The molecule has 0 aliphatic carbocycles. The second-order valence-corrected chi connectivity index (χ2v) is 2.97. The van der Waals surface area contributed by atoms with Crippen molar-refractivity contribution in [1.82, 2.24) is 0 Å². The van der Waals surface area contributed by atoms with Crippen LogP contribution in [0.25, 0.3) is 0 Å². The molecule has 0 heterocycles. The van der Waals surface area contributed by atoms with Gasteiger partial charge in [-0.3, -0.25) is 4.79 Å². The van der Waals surface area contributed by atoms with Crippen LogP contribution in [-0.2, 0) is 11.2 Å². The number of aldehydes is 1. The molecule has 1 rings (SSSR count). The van der Waals surface area contributed by atoms with Crippen molar-refractivity contribution in [2.75, 3.05) is 0 Å². The first-order valence-corrected chi connectivity index (χ1v) is 3.96. The quantitative estimate of drug-likeness (QED) is 0.564. The van der Waals surface area contributed by atoms with E-state index in [1.807, 2.05) is 0 Å². The van der Waals surface area contributed by atoms with Crippen LogP contribution >= 0.6 is 0 Å². The minimum Gasteiger partial charge on any atom is -0.349 e. The highest BCUT2D eigenvalue weighted by atomic mass is 19.2. The van der Waals surface area contributed by atoms with Crippen molar-refractivity contribution in [3.05, 3.63) is 35.1 Å². The van der Waals surface area contributed by atoms with E-state index < -0.39 is 23.5 Å². The van der Waals surface area contributed by atoms with Gasteiger partial charge >= 0.3 is 0 Å². The molecule has 2 nitrogen and oxygen atoms in total. The molecule has 3 N–H and O–H groups in total. The van der Waals surface area contributed by atoms with E-state index in [2.05, 4.69) is 5.73 Å². The molecule has 5 heteroatoms. The predicted octanol–water partition coefficient (Wildman–Crippen LogP) is 0.456. The van der Waals surface area contributed by atoms with Crippen LogP contribution in [0.5, 0.6) is 0 Å². The van der Waals surface area contributed by atoms with E-state index in [0.717, 1.165) is 12.1 Å². The highest BCUT2D eigenvalue weighted by Crippen LogP contribution is 2.14. The van der Waals surface area contributed by atoms with Crippen LogP contribution in [0.15, 0.2) is 12.1 Å². The molecule has 0 radical (unpaired) electrons. The standard InChI is InChI=1S/C9H8F3NO/c10-7-2-5(1-6(13)4-14)3-8(11)9(7)12/h2-4,6H,1,13H2/p+1/t6-/m0/s1. The van der Waals surface area contributed by atoms with Crippen molar-refractivity contribution in [2.24, 2.45) is 0 Å². The number of rotatable bonds is 3. The lowest BCUT2D eigenvalue weighted by molar-refractivity contribution is -0.399. The first-order valence-electron chi connectivity index (χ1n) is 3.96. The molecule has 0 bridgehead atoms. The van der Waals surface area contributed by atoms with Crippen LogP contribution < -0.4 is 5.73 Å². The Balaban J connectivity index is 2.95. The monoisotopic (exact) mass is 204 g/mol. The van der Waals surface area contributed by atoms with Crippen molar-refractivity contribution in [1.29, 1.82) is 0 Å². The second kappa shape index (κ2) is 4.23. The van der Waals surface area contributed by atoms with Gasteiger partial charge < -0.3 is 5.73 Å². The number of benzene rings is 1. The number of hydrogen-bond acceptors (Lipinski definition) is 1. The summed E-state index contributed by atoms with van der Waals surface area (Å²) in [5.41, 5.74) is 3.64. The van der Waals surface area contributed by atoms with Crippen molar-refractivity contribution < 1.29 is 23.7 Å². The zero-order valence-corrected chi connectivity index (χ0v) is 7.27. The molecule has 1 aromatic carbocycles. The van der Waals surface area contributed by atoms with Gasteiger partial charge in [0.1, 0.15) is 6.04 Å². The molecule has 14 heavy (non-hydrogen) atoms. The average molecular weight is 204 g/mol. The minimum absolute atomic E-state index is 0.0949. The number of hydrogen-bond donors (Lipinski definition) is 1. The van der Waals surface area contributed by atoms with Gasteiger partial charge in [0, 0.05) is 6.42 Å². The molecular weight excluding hydrogens is 195 g/mol. The van der Waals surface area contributed by atoms with Crippen LogP contribution in [0.4, 0.5) is 13.2 Å². The molecule has 0 spiro atoms. The van der Waals surface area contributed by atoms with Gasteiger partial charge in [0.05, 0.1) is 0 Å². The van der Waals surface area contributed by atoms with E-state index in [-0.39, 0.29) is 12.0 Å². The fraction of sp³-hybridized carbons (Fsp3) is 0.222. The summed E-state index contributed by atoms with van der Waals surface area (Å²) >= 11 is 0. The first kappa shape index (κ1) is 10.7. The second-order valence-electron chi connectivity index (χ2n) is 2.97. The summed E-state index contributed by atoms with van der Waals surface area (Å²) in [5.74, 6) is -4.00. The van der Waals surface area contributed by atoms with Gasteiger partial charge in [-0.1, -0.05) is 0 Å². The first-order chi connectivity index (χ1) is 6.54. The maximum Gasteiger partial charge on any atom is 0.194 e. The summed E-state index contributed by atoms with van der Waals surface area (Å²) in [6.45, 7) is 0. The molecule has 1 atom stereocenters. The Bertz CT molecular complexity index is 331. The van der Waals surface area contributed by atoms with Gasteiger partial charge in [0.2, 0.25) is 0 Å². The SMILES string of the molecule is [NH3+][C@H](C=O)Cc1cc(F)c(F)c(F)c1. The summed E-state index contributed by atoms with van der Waals surface area (Å²) in [4.78, 5) is 10.2. The third-order valence-corrected chi connectivity index (χ3v) is 1.73. The Morgan fingerprint density at radius 3 is 2.21 bits per heavy atom. The maximum absolute atomic E-state index is 12.7. The van der Waals surface area contributed by atoms with E-state index in [1.54, 1.807) is 0 Å². The summed E-state index contributed by atoms with van der Waals surface area (Å²) in [6.07, 6.45) is 0.663. The molecule has 0 unspecified atom stereocenters. The summed E-state index contributed by atoms with van der Waals surface area (Å²) < 4.78 is 37.8. The van der Waals surface area contributed by atoms with E-state index in [4.69, 9.17) is 0 Å². The van der Waals surface area contributed by atoms with Crippen molar-refractivity contribution in [2.45, 2.75) is 12.5 Å². The molecule has 0 aliphatic rings. The van der Waals surface area contributed by atoms with Gasteiger partial charge in [-0.25, -0.2) is 13.2 Å². The largest absolute Gasteiger partial charge is 0.349 e. The Kier molecular flexibility index (Phi) is 3.24. The van der Waals surface area contributed by atoms with Gasteiger partial charge in [-0.2, -0.15) is 0 Å². The number of quaternary nitrogens is 1. The highest BCUT2D eigenvalue weighted by Gasteiger charge is 2.13. The third kappa shape index (κ3) is 2.32. The van der Waals surface area contributed by atoms with Crippen molar-refractivity contribution in [3.8, 4) is 0 Å². The smallest absolute Gasteiger partial charge is 0.194 e. The normalized spacial score (nSPS) is 12.6. The van der Waals surface area contributed by atoms with E-state index in [9.17, 15) is 18.0 Å². The van der Waals surface area contributed by atoms with Crippen LogP contribution in [0.2, 0.25) is 0 Å². The number of carbonyl (C=O) groups is 1. The third-order valence-electron chi connectivity index (χ3n) is 1.73. The summed E-state index contributed by atoms with van der Waals surface area (Å²) in [7, 11) is 0. The lowest BCUT2D eigenvalue weighted by atomic mass is 10.1. The minimum atomic E-state index is -1.50. The maximum atomic E-state index is 12.7. The van der Waals surface area contributed by atoms with Crippen molar-refractivity contribution >= 4 is 6.29 Å². The van der Waals surface area contributed by atoms with Gasteiger partial charge in [0.25, 0.3) is 0 Å². The van der Waals surface area contributed by atoms with Gasteiger partial charge in [-0.05, 0) is 17.7 Å². The van der Waals surface area contributed by atoms with Crippen LogP contribution in [0.3, 0.4) is 0 Å². The number of carbonyl (C=O) groups excluding carboxylic acids is 1. The summed E-state index contributed by atoms with van der Waals surface area (Å²) in [5, 5.41) is 0. The fourth-order valence-corrected chi connectivity index (χ4v) is 1.08. The lowest BCUT2D eigenvalue weighted by Gasteiger charge is -2.03. The average Bonchev–Trinajstić information content (AvgIpc) is 2.14.